The molecule has 0 saturated carbocycles. The highest BCUT2D eigenvalue weighted by Gasteiger charge is 2.27. The molecule has 3 aromatic rings. The normalized spacial score (nSPS) is 13.9. The average Bonchev–Trinajstić information content (AvgIpc) is 2.68. The van der Waals surface area contributed by atoms with E-state index in [0.29, 0.717) is 16.7 Å². The second kappa shape index (κ2) is 7.78. The molecule has 3 rings (SSSR count). The molecule has 0 aliphatic carbocycles. The van der Waals surface area contributed by atoms with E-state index in [4.69, 9.17) is 0 Å². The lowest BCUT2D eigenvalue weighted by atomic mass is 9.84. The molecule has 0 amide bonds. The fraction of sp³-hybridized carbons (Fsp3) is 0.217. The zero-order valence-electron chi connectivity index (χ0n) is 16.1. The van der Waals surface area contributed by atoms with Crippen molar-refractivity contribution in [1.29, 1.82) is 0 Å². The van der Waals surface area contributed by atoms with Crippen LogP contribution in [0.15, 0.2) is 71.6 Å². The third-order valence-corrected chi connectivity index (χ3v) is 6.35. The van der Waals surface area contributed by atoms with Gasteiger partial charge in [0.25, 0.3) is 10.1 Å². The summed E-state index contributed by atoms with van der Waals surface area (Å²) in [5.41, 5.74) is 3.25. The van der Waals surface area contributed by atoms with E-state index in [1.807, 2.05) is 74.5 Å². The molecule has 0 bridgehead atoms. The highest BCUT2D eigenvalue weighted by molar-refractivity contribution is 7.85. The molecular weight excluding hydrogens is 372 g/mol. The van der Waals surface area contributed by atoms with E-state index in [-0.39, 0.29) is 22.5 Å². The first-order chi connectivity index (χ1) is 13.2. The van der Waals surface area contributed by atoms with Gasteiger partial charge < -0.3 is 5.11 Å². The molecule has 28 heavy (non-hydrogen) atoms. The molecule has 0 radical (unpaired) electrons. The van der Waals surface area contributed by atoms with Gasteiger partial charge in [-0.15, -0.1) is 0 Å². The highest BCUT2D eigenvalue weighted by atomic mass is 32.2. The van der Waals surface area contributed by atoms with Gasteiger partial charge in [-0.05, 0) is 29.7 Å². The zero-order chi connectivity index (χ0) is 20.5. The summed E-state index contributed by atoms with van der Waals surface area (Å²) in [7, 11) is -4.44. The van der Waals surface area contributed by atoms with E-state index in [2.05, 4.69) is 0 Å². The Labute approximate surface area is 166 Å². The second-order valence-electron chi connectivity index (χ2n) is 7.09. The summed E-state index contributed by atoms with van der Waals surface area (Å²) in [5.74, 6) is -0.425. The van der Waals surface area contributed by atoms with Gasteiger partial charge in [-0.2, -0.15) is 8.42 Å². The maximum Gasteiger partial charge on any atom is 0.294 e. The Balaban J connectivity index is 2.27. The summed E-state index contributed by atoms with van der Waals surface area (Å²) < 4.78 is 33.9. The Hall–Kier alpha value is -2.63. The van der Waals surface area contributed by atoms with Crippen LogP contribution in [0.5, 0.6) is 5.75 Å². The molecule has 0 aromatic heterocycles. The van der Waals surface area contributed by atoms with Crippen LogP contribution in [0.25, 0.3) is 0 Å². The molecule has 4 nitrogen and oxygen atoms in total. The van der Waals surface area contributed by atoms with Gasteiger partial charge in [0.1, 0.15) is 5.75 Å². The Bertz CT molecular complexity index is 1070. The van der Waals surface area contributed by atoms with Gasteiger partial charge in [0.2, 0.25) is 0 Å². The molecule has 2 N–H and O–H groups in total. The average molecular weight is 397 g/mol. The standard InChI is InChI=1S/C23H24O4S/c1-15(18-10-6-4-7-11-18)20-14-21(28(25,26)27)17(3)22(23(20)24)16(2)19-12-8-5-9-13-19/h4-16,24H,1-3H3,(H,25,26,27). The summed E-state index contributed by atoms with van der Waals surface area (Å²) >= 11 is 0. The summed E-state index contributed by atoms with van der Waals surface area (Å²) in [6.07, 6.45) is 0. The number of aromatic hydroxyl groups is 1. The minimum Gasteiger partial charge on any atom is -0.507 e. The third kappa shape index (κ3) is 3.81. The predicted octanol–water partition coefficient (Wildman–Crippen LogP) is 5.25. The largest absolute Gasteiger partial charge is 0.507 e. The molecule has 5 heteroatoms. The van der Waals surface area contributed by atoms with Crippen molar-refractivity contribution in [2.45, 2.75) is 37.5 Å². The van der Waals surface area contributed by atoms with Gasteiger partial charge >= 0.3 is 0 Å². The van der Waals surface area contributed by atoms with Crippen molar-refractivity contribution in [3.63, 3.8) is 0 Å². The second-order valence-corrected chi connectivity index (χ2v) is 8.48. The van der Waals surface area contributed by atoms with E-state index < -0.39 is 10.1 Å². The van der Waals surface area contributed by atoms with Gasteiger partial charge in [0.05, 0.1) is 4.90 Å². The summed E-state index contributed by atoms with van der Waals surface area (Å²) in [5, 5.41) is 11.1. The number of hydrogen-bond donors (Lipinski definition) is 2. The monoisotopic (exact) mass is 396 g/mol. The maximum atomic E-state index is 12.1. The predicted molar refractivity (Wildman–Crippen MR) is 111 cm³/mol. The summed E-state index contributed by atoms with van der Waals surface area (Å²) in [6, 6.07) is 20.5. The smallest absolute Gasteiger partial charge is 0.294 e. The van der Waals surface area contributed by atoms with Gasteiger partial charge in [0.15, 0.2) is 0 Å². The van der Waals surface area contributed by atoms with Crippen molar-refractivity contribution < 1.29 is 18.1 Å². The van der Waals surface area contributed by atoms with E-state index in [0.717, 1.165) is 11.1 Å². The molecule has 0 aliphatic rings. The minimum atomic E-state index is -4.44. The molecule has 0 saturated heterocycles. The van der Waals surface area contributed by atoms with Crippen LogP contribution >= 0.6 is 0 Å². The SMILES string of the molecule is Cc1c(S(=O)(=O)O)cc(C(C)c2ccccc2)c(O)c1C(C)c1ccccc1. The molecule has 2 unspecified atom stereocenters. The molecular formula is C23H24O4S. The van der Waals surface area contributed by atoms with E-state index >= 15 is 0 Å². The Morgan fingerprint density at radius 2 is 1.29 bits per heavy atom. The fourth-order valence-corrected chi connectivity index (χ4v) is 4.51. The van der Waals surface area contributed by atoms with E-state index in [1.54, 1.807) is 6.92 Å². The topological polar surface area (TPSA) is 74.6 Å². The third-order valence-electron chi connectivity index (χ3n) is 5.37. The molecule has 0 heterocycles. The van der Waals surface area contributed by atoms with Crippen LogP contribution in [0.4, 0.5) is 0 Å². The molecule has 146 valence electrons. The van der Waals surface area contributed by atoms with Crippen molar-refractivity contribution in [3.05, 3.63) is 94.5 Å². The summed E-state index contributed by atoms with van der Waals surface area (Å²) in [4.78, 5) is -0.166. The first kappa shape index (κ1) is 20.1. The molecule has 0 spiro atoms. The van der Waals surface area contributed by atoms with Crippen molar-refractivity contribution >= 4 is 10.1 Å². The number of hydrogen-bond acceptors (Lipinski definition) is 3. The Morgan fingerprint density at radius 3 is 1.75 bits per heavy atom. The van der Waals surface area contributed by atoms with Gasteiger partial charge in [-0.1, -0.05) is 74.5 Å². The van der Waals surface area contributed by atoms with Crippen molar-refractivity contribution in [2.24, 2.45) is 0 Å². The number of phenolic OH excluding ortho intramolecular Hbond substituents is 1. The Morgan fingerprint density at radius 1 is 0.821 bits per heavy atom. The van der Waals surface area contributed by atoms with Gasteiger partial charge in [-0.3, -0.25) is 4.55 Å². The molecule has 3 aromatic carbocycles. The lowest BCUT2D eigenvalue weighted by Gasteiger charge is -2.24. The van der Waals surface area contributed by atoms with Crippen LogP contribution in [0.3, 0.4) is 0 Å². The van der Waals surface area contributed by atoms with Crippen molar-refractivity contribution in [1.82, 2.24) is 0 Å². The lowest BCUT2D eigenvalue weighted by Crippen LogP contribution is -2.10. The molecule has 0 fully saturated rings. The number of benzene rings is 3. The van der Waals surface area contributed by atoms with E-state index in [9.17, 15) is 18.1 Å². The van der Waals surface area contributed by atoms with Crippen LogP contribution in [0.1, 0.15) is 53.5 Å². The summed E-state index contributed by atoms with van der Waals surface area (Å²) in [6.45, 7) is 5.45. The molecule has 0 aliphatic heterocycles. The van der Waals surface area contributed by atoms with Gasteiger partial charge in [-0.25, -0.2) is 0 Å². The Kier molecular flexibility index (Phi) is 5.59. The van der Waals surface area contributed by atoms with Crippen LogP contribution in [-0.4, -0.2) is 18.1 Å². The van der Waals surface area contributed by atoms with Crippen LogP contribution in [0, 0.1) is 6.92 Å². The number of rotatable bonds is 5. The zero-order valence-corrected chi connectivity index (χ0v) is 16.9. The minimum absolute atomic E-state index is 0.0672. The van der Waals surface area contributed by atoms with Crippen LogP contribution < -0.4 is 0 Å². The van der Waals surface area contributed by atoms with Crippen LogP contribution in [-0.2, 0) is 10.1 Å². The van der Waals surface area contributed by atoms with E-state index in [1.165, 1.54) is 6.07 Å². The number of phenols is 1. The molecule has 2 atom stereocenters. The van der Waals surface area contributed by atoms with Crippen molar-refractivity contribution in [3.8, 4) is 5.75 Å². The first-order valence-electron chi connectivity index (χ1n) is 9.15. The lowest BCUT2D eigenvalue weighted by molar-refractivity contribution is 0.453. The first-order valence-corrected chi connectivity index (χ1v) is 10.6. The quantitative estimate of drug-likeness (QED) is 0.578. The fourth-order valence-electron chi connectivity index (χ4n) is 3.74. The van der Waals surface area contributed by atoms with Crippen molar-refractivity contribution in [2.75, 3.05) is 0 Å². The highest BCUT2D eigenvalue weighted by Crippen LogP contribution is 2.43. The van der Waals surface area contributed by atoms with Gasteiger partial charge in [0, 0.05) is 23.0 Å². The maximum absolute atomic E-state index is 12.1. The van der Waals surface area contributed by atoms with Crippen LogP contribution in [0.2, 0.25) is 0 Å².